The highest BCUT2D eigenvalue weighted by Gasteiger charge is 2.26. The summed E-state index contributed by atoms with van der Waals surface area (Å²) in [6, 6.07) is 1.94. The van der Waals surface area contributed by atoms with Crippen LogP contribution in [0.15, 0.2) is 12.3 Å². The summed E-state index contributed by atoms with van der Waals surface area (Å²) >= 11 is 6.13. The summed E-state index contributed by atoms with van der Waals surface area (Å²) < 4.78 is 5.42. The summed E-state index contributed by atoms with van der Waals surface area (Å²) in [6.07, 6.45) is 3.42. The number of aromatic nitrogens is 1. The minimum Gasteiger partial charge on any atom is -0.444 e. The molecule has 0 unspecified atom stereocenters. The molecule has 1 N–H and O–H groups in total. The van der Waals surface area contributed by atoms with E-state index in [-0.39, 0.29) is 6.09 Å². The molecule has 0 bridgehead atoms. The number of rotatable bonds is 3. The Hall–Kier alpha value is -1.49. The number of amides is 1. The molecule has 5 nitrogen and oxygen atoms in total. The number of halogens is 1. The number of carbonyl (C=O) groups is 1. The molecule has 1 saturated heterocycles. The van der Waals surface area contributed by atoms with Gasteiger partial charge in [0.2, 0.25) is 0 Å². The van der Waals surface area contributed by atoms with E-state index in [0.29, 0.717) is 11.1 Å². The van der Waals surface area contributed by atoms with Gasteiger partial charge >= 0.3 is 6.09 Å². The Labute approximate surface area is 143 Å². The van der Waals surface area contributed by atoms with Crippen molar-refractivity contribution >= 4 is 23.4 Å². The van der Waals surface area contributed by atoms with Gasteiger partial charge in [-0.2, -0.15) is 0 Å². The lowest BCUT2D eigenvalue weighted by Crippen LogP contribution is -2.42. The summed E-state index contributed by atoms with van der Waals surface area (Å²) in [4.78, 5) is 18.0. The lowest BCUT2D eigenvalue weighted by atomic mass is 9.97. The van der Waals surface area contributed by atoms with Crippen LogP contribution < -0.4 is 5.32 Å². The number of hydrogen-bond donors (Lipinski definition) is 1. The highest BCUT2D eigenvalue weighted by atomic mass is 35.5. The number of carbonyl (C=O) groups excluding carboxylic acids is 1. The minimum absolute atomic E-state index is 0.213. The first-order valence-electron chi connectivity index (χ1n) is 8.09. The van der Waals surface area contributed by atoms with Gasteiger partial charge in [0.1, 0.15) is 5.60 Å². The van der Waals surface area contributed by atoms with Crippen molar-refractivity contribution in [2.75, 3.05) is 25.0 Å². The number of anilines is 1. The predicted molar refractivity (Wildman–Crippen MR) is 93.0 cm³/mol. The number of aryl methyl sites for hydroxylation is 1. The van der Waals surface area contributed by atoms with Crippen molar-refractivity contribution in [2.24, 2.45) is 5.92 Å². The van der Waals surface area contributed by atoms with Crippen LogP contribution >= 0.6 is 11.6 Å². The van der Waals surface area contributed by atoms with Crippen molar-refractivity contribution in [2.45, 2.75) is 46.1 Å². The van der Waals surface area contributed by atoms with E-state index in [4.69, 9.17) is 16.3 Å². The van der Waals surface area contributed by atoms with Gasteiger partial charge in [-0.15, -0.1) is 0 Å². The predicted octanol–water partition coefficient (Wildman–Crippen LogP) is 4.10. The Bertz CT molecular complexity index is 529. The molecule has 0 aromatic carbocycles. The smallest absolute Gasteiger partial charge is 0.410 e. The van der Waals surface area contributed by atoms with Gasteiger partial charge in [0.05, 0.1) is 5.69 Å². The van der Waals surface area contributed by atoms with Gasteiger partial charge in [-0.25, -0.2) is 9.78 Å². The van der Waals surface area contributed by atoms with Gasteiger partial charge in [0.25, 0.3) is 0 Å². The highest BCUT2D eigenvalue weighted by Crippen LogP contribution is 2.25. The van der Waals surface area contributed by atoms with E-state index in [1.807, 2.05) is 33.8 Å². The first kappa shape index (κ1) is 17.9. The van der Waals surface area contributed by atoms with E-state index in [1.165, 1.54) is 0 Å². The lowest BCUT2D eigenvalue weighted by molar-refractivity contribution is 0.0188. The maximum atomic E-state index is 12.1. The number of nitrogens with zero attached hydrogens (tertiary/aromatic N) is 2. The van der Waals surface area contributed by atoms with E-state index in [2.05, 4.69) is 10.3 Å². The van der Waals surface area contributed by atoms with Gasteiger partial charge in [-0.05, 0) is 58.1 Å². The fourth-order valence-corrected chi connectivity index (χ4v) is 2.90. The maximum absolute atomic E-state index is 12.1. The molecule has 1 aromatic heterocycles. The molecule has 1 aliphatic heterocycles. The second-order valence-corrected chi connectivity index (χ2v) is 7.44. The SMILES string of the molecule is Cc1ccnc(Cl)c1NCC1CCN(C(=O)OC(C)(C)C)CC1. The summed E-state index contributed by atoms with van der Waals surface area (Å²) in [6.45, 7) is 10.0. The number of likely N-dealkylation sites (tertiary alicyclic amines) is 1. The first-order chi connectivity index (χ1) is 10.8. The van der Waals surface area contributed by atoms with Gasteiger partial charge in [0, 0.05) is 25.8 Å². The Morgan fingerprint density at radius 3 is 2.65 bits per heavy atom. The molecule has 0 aliphatic carbocycles. The first-order valence-corrected chi connectivity index (χ1v) is 8.47. The summed E-state index contributed by atoms with van der Waals surface area (Å²) in [5, 5.41) is 3.91. The molecule has 23 heavy (non-hydrogen) atoms. The van der Waals surface area contributed by atoms with Crippen LogP contribution in [0, 0.1) is 12.8 Å². The fraction of sp³-hybridized carbons (Fsp3) is 0.647. The van der Waals surface area contributed by atoms with Crippen molar-refractivity contribution in [1.29, 1.82) is 0 Å². The minimum atomic E-state index is -0.440. The number of pyridine rings is 1. The number of ether oxygens (including phenoxy) is 1. The Kier molecular flexibility index (Phi) is 5.74. The molecule has 1 amide bonds. The van der Waals surface area contributed by atoms with Gasteiger partial charge < -0.3 is 15.0 Å². The number of piperidine rings is 1. The molecule has 6 heteroatoms. The van der Waals surface area contributed by atoms with Crippen LogP contribution in [0.2, 0.25) is 5.15 Å². The number of nitrogens with one attached hydrogen (secondary N) is 1. The molecule has 0 radical (unpaired) electrons. The second kappa shape index (κ2) is 7.39. The van der Waals surface area contributed by atoms with Crippen molar-refractivity contribution in [3.05, 3.63) is 23.0 Å². The zero-order chi connectivity index (χ0) is 17.0. The molecular weight excluding hydrogens is 314 g/mol. The second-order valence-electron chi connectivity index (χ2n) is 7.09. The van der Waals surface area contributed by atoms with E-state index in [1.54, 1.807) is 11.1 Å². The van der Waals surface area contributed by atoms with E-state index in [0.717, 1.165) is 43.7 Å². The Balaban J connectivity index is 1.80. The van der Waals surface area contributed by atoms with Crippen molar-refractivity contribution < 1.29 is 9.53 Å². The third kappa shape index (κ3) is 5.27. The molecule has 0 atom stereocenters. The quantitative estimate of drug-likeness (QED) is 0.842. The lowest BCUT2D eigenvalue weighted by Gasteiger charge is -2.33. The largest absolute Gasteiger partial charge is 0.444 e. The third-order valence-corrected chi connectivity index (χ3v) is 4.23. The zero-order valence-corrected chi connectivity index (χ0v) is 15.1. The average Bonchev–Trinajstić information content (AvgIpc) is 2.45. The van der Waals surface area contributed by atoms with Crippen molar-refractivity contribution in [1.82, 2.24) is 9.88 Å². The monoisotopic (exact) mass is 339 g/mol. The molecule has 0 spiro atoms. The molecule has 1 aromatic rings. The Morgan fingerprint density at radius 2 is 2.09 bits per heavy atom. The Morgan fingerprint density at radius 1 is 1.43 bits per heavy atom. The summed E-state index contributed by atoms with van der Waals surface area (Å²) in [5.41, 5.74) is 1.56. The van der Waals surface area contributed by atoms with Crippen molar-refractivity contribution in [3.8, 4) is 0 Å². The molecule has 1 fully saturated rings. The molecule has 2 heterocycles. The topological polar surface area (TPSA) is 54.5 Å². The van der Waals surface area contributed by atoms with Crippen LogP contribution in [-0.4, -0.2) is 41.2 Å². The normalized spacial score (nSPS) is 16.3. The van der Waals surface area contributed by atoms with E-state index >= 15 is 0 Å². The van der Waals surface area contributed by atoms with Crippen LogP contribution in [0.3, 0.4) is 0 Å². The van der Waals surface area contributed by atoms with Crippen LogP contribution in [0.5, 0.6) is 0 Å². The fourth-order valence-electron chi connectivity index (χ4n) is 2.63. The third-order valence-electron chi connectivity index (χ3n) is 3.95. The van der Waals surface area contributed by atoms with Crippen LogP contribution in [-0.2, 0) is 4.74 Å². The molecule has 2 rings (SSSR count). The molecular formula is C17H26ClN3O2. The molecule has 0 saturated carbocycles. The zero-order valence-electron chi connectivity index (χ0n) is 14.4. The van der Waals surface area contributed by atoms with Gasteiger partial charge in [0.15, 0.2) is 5.15 Å². The van der Waals surface area contributed by atoms with Gasteiger partial charge in [-0.1, -0.05) is 11.6 Å². The number of hydrogen-bond acceptors (Lipinski definition) is 4. The molecule has 1 aliphatic rings. The average molecular weight is 340 g/mol. The van der Waals surface area contributed by atoms with E-state index in [9.17, 15) is 4.79 Å². The van der Waals surface area contributed by atoms with Gasteiger partial charge in [-0.3, -0.25) is 0 Å². The van der Waals surface area contributed by atoms with Crippen LogP contribution in [0.25, 0.3) is 0 Å². The van der Waals surface area contributed by atoms with Crippen LogP contribution in [0.4, 0.5) is 10.5 Å². The van der Waals surface area contributed by atoms with E-state index < -0.39 is 5.60 Å². The highest BCUT2D eigenvalue weighted by molar-refractivity contribution is 6.32. The molecule has 128 valence electrons. The summed E-state index contributed by atoms with van der Waals surface area (Å²) in [5.74, 6) is 0.518. The van der Waals surface area contributed by atoms with Crippen molar-refractivity contribution in [3.63, 3.8) is 0 Å². The maximum Gasteiger partial charge on any atom is 0.410 e. The standard InChI is InChI=1S/C17H26ClN3O2/c1-12-5-8-19-15(18)14(12)20-11-13-6-9-21(10-7-13)16(22)23-17(2,3)4/h5,8,13,20H,6-7,9-11H2,1-4H3. The van der Waals surface area contributed by atoms with Crippen LogP contribution in [0.1, 0.15) is 39.2 Å². The summed E-state index contributed by atoms with van der Waals surface area (Å²) in [7, 11) is 0.